The van der Waals surface area contributed by atoms with Crippen molar-refractivity contribution in [1.29, 1.82) is 0 Å². The van der Waals surface area contributed by atoms with E-state index in [0.29, 0.717) is 49.1 Å². The van der Waals surface area contributed by atoms with Gasteiger partial charge in [-0.25, -0.2) is 62.4 Å². The van der Waals surface area contributed by atoms with Gasteiger partial charge in [0.2, 0.25) is 15.3 Å². The number of hydrogen-bond acceptors (Lipinski definition) is 18. The molecule has 120 heavy (non-hydrogen) atoms. The number of halogens is 7. The van der Waals surface area contributed by atoms with Gasteiger partial charge in [-0.3, -0.25) is 0 Å². The lowest BCUT2D eigenvalue weighted by atomic mass is 9.86. The second-order valence-corrected chi connectivity index (χ2v) is 37.0. The van der Waals surface area contributed by atoms with Gasteiger partial charge in [0.05, 0.1) is 5.39 Å². The quantitative estimate of drug-likeness (QED) is 0.0147. The Bertz CT molecular complexity index is 5060. The molecule has 641 valence electrons. The fraction of sp³-hybridized carbons (Fsp3) is 0.489. The van der Waals surface area contributed by atoms with Gasteiger partial charge in [-0.2, -0.15) is 5.32 Å². The van der Waals surface area contributed by atoms with Gasteiger partial charge in [-0.1, -0.05) is 46.9 Å². The van der Waals surface area contributed by atoms with E-state index < -0.39 is 16.8 Å². The highest BCUT2D eigenvalue weighted by atomic mass is 127. The number of carbonyl (C=O) groups excluding carboxylic acids is 3. The average Bonchev–Trinajstić information content (AvgIpc) is 1.62. The Morgan fingerprint density at radius 1 is 0.517 bits per heavy atom. The third-order valence-corrected chi connectivity index (χ3v) is 23.6. The van der Waals surface area contributed by atoms with Crippen LogP contribution in [0.5, 0.6) is 5.75 Å². The Morgan fingerprint density at radius 2 is 0.867 bits per heavy atom. The summed E-state index contributed by atoms with van der Waals surface area (Å²) in [4.78, 5) is 70.3. The minimum absolute atomic E-state index is 0.154. The van der Waals surface area contributed by atoms with E-state index in [0.717, 1.165) is 203 Å². The fourth-order valence-electron chi connectivity index (χ4n) is 15.0. The summed E-state index contributed by atoms with van der Waals surface area (Å²) in [5.41, 5.74) is 12.4. The number of hydrogen-bond donors (Lipinski definition) is 6. The lowest BCUT2D eigenvalue weighted by Crippen LogP contribution is -2.41. The number of rotatable bonds is 14. The minimum Gasteiger partial charge on any atom is -0.537 e. The summed E-state index contributed by atoms with van der Waals surface area (Å²) < 4.78 is 69.1. The summed E-state index contributed by atoms with van der Waals surface area (Å²) in [7, 11) is 0.549. The first kappa shape index (κ1) is 93.7. The average molecular weight is 1910 g/mol. The zero-order valence-corrected chi connectivity index (χ0v) is 76.3. The molecule has 7 aromatic heterocycles. The Kier molecular flexibility index (Phi) is 33.9. The zero-order valence-electron chi connectivity index (χ0n) is 70.3. The van der Waals surface area contributed by atoms with Crippen molar-refractivity contribution in [2.24, 2.45) is 29.4 Å². The molecule has 0 spiro atoms. The molecular weight excluding hydrogens is 1800 g/mol. The van der Waals surface area contributed by atoms with Gasteiger partial charge in [0.15, 0.2) is 0 Å². The van der Waals surface area contributed by atoms with Crippen molar-refractivity contribution in [1.82, 2.24) is 69.5 Å². The highest BCUT2D eigenvalue weighted by molar-refractivity contribution is 14.1. The molecule has 15 rings (SSSR count). The third kappa shape index (κ3) is 29.0. The maximum atomic E-state index is 13.4. The van der Waals surface area contributed by atoms with Crippen LogP contribution in [-0.4, -0.2) is 130 Å². The number of benzene rings is 3. The normalized spacial score (nSPS) is 19.5. The predicted octanol–water partition coefficient (Wildman–Crippen LogP) is 20.6. The standard InChI is InChI=1S/C25H31FN4O2.C20H23FN4.C19H27BrN4O2.C12H22INO2.C6H5BFO2.C6H2BrClN3/c1-16-27-13-21-22(18-7-9-19(26)10-8-18)15-30(23(21)28-16)14-17-5-11-20(12-6-17)29-24(31)32-25(2,3)4;1-13-23-10-18-19(15-4-6-16(21)7-5-15)12-25(20(18)24-13)11-14-2-8-17(22)9-3-14;1-12-21-9-15-16(20)11-24(17(15)22-12)10-13-5-7-14(8-6-13)23-18(25)26-19(2,3)4;1-12(2,3)16-11(15)14-10-6-4-9(8-13)5-7-10;8-5-1-3-6(4-2-5)10-7-9;7-4-2-9-5-3(4)1-10-6(8)11-5/h7-10,13,15,17,20H,5-6,11-12,14H2,1-4H3,(H,29,31);4-7,10,12,14,17H,2-3,8-9,11,22H2,1H3;9,11,13-14H,5-8,10H2,1-4H3,(H,23,25);9-10H,4-8H2,1-3H3,(H,14,15);1-4,9H;1H,(H,9,10,11)/q;;;;;+1. The molecule has 4 saturated carbocycles. The molecule has 0 bridgehead atoms. The van der Waals surface area contributed by atoms with Gasteiger partial charge in [0.1, 0.15) is 86.8 Å². The van der Waals surface area contributed by atoms with Gasteiger partial charge in [0.25, 0.3) is 5.82 Å². The number of nitrogens with zero attached hydrogens (tertiary/aromatic N) is 11. The van der Waals surface area contributed by atoms with Crippen molar-refractivity contribution in [2.75, 3.05) is 9.74 Å². The number of aromatic nitrogens is 11. The van der Waals surface area contributed by atoms with Gasteiger partial charge in [-0.05, 0) is 313 Å². The molecule has 3 amide bonds. The van der Waals surface area contributed by atoms with Crippen LogP contribution in [0.1, 0.15) is 188 Å². The number of alkyl carbamates (subject to hydrolysis) is 3. The molecule has 0 unspecified atom stereocenters. The van der Waals surface area contributed by atoms with Crippen molar-refractivity contribution in [3.05, 3.63) is 173 Å². The second-order valence-electron chi connectivity index (χ2n) is 34.2. The Balaban J connectivity index is 0.000000158. The molecule has 1 aliphatic heterocycles. The highest BCUT2D eigenvalue weighted by Gasteiger charge is 2.31. The lowest BCUT2D eigenvalue weighted by Gasteiger charge is -2.30. The maximum Gasteiger partial charge on any atom is 0.569 e. The molecule has 0 atom stereocenters. The summed E-state index contributed by atoms with van der Waals surface area (Å²) >= 11 is 14.9. The third-order valence-electron chi connectivity index (χ3n) is 20.9. The highest BCUT2D eigenvalue weighted by Crippen LogP contribution is 2.38. The van der Waals surface area contributed by atoms with Gasteiger partial charge < -0.3 is 59.3 Å². The molecule has 4 fully saturated rings. The fourth-order valence-corrected chi connectivity index (χ4v) is 16.9. The largest absolute Gasteiger partial charge is 0.569 e. The van der Waals surface area contributed by atoms with E-state index in [1.54, 1.807) is 18.3 Å². The number of ether oxygens (including phenoxy) is 3. The summed E-state index contributed by atoms with van der Waals surface area (Å²) in [5, 5.41) is 23.2. The van der Waals surface area contributed by atoms with Crippen LogP contribution in [0.3, 0.4) is 0 Å². The molecule has 10 aromatic rings. The number of amides is 3. The number of alkyl halides is 1. The first-order valence-electron chi connectivity index (χ1n) is 40.9. The van der Waals surface area contributed by atoms with Crippen LogP contribution in [0.25, 0.3) is 59.8 Å². The van der Waals surface area contributed by atoms with Gasteiger partial charge >= 0.3 is 26.0 Å². The number of nitrogens with one attached hydrogen (secondary N) is 4. The van der Waals surface area contributed by atoms with E-state index in [4.69, 9.17) is 41.6 Å². The summed E-state index contributed by atoms with van der Waals surface area (Å²) in [6.45, 7) is 25.4. The Hall–Kier alpha value is -8.59. The lowest BCUT2D eigenvalue weighted by molar-refractivity contribution is 0.0474. The van der Waals surface area contributed by atoms with Gasteiger partial charge in [-0.15, -0.1) is 4.98 Å². The van der Waals surface area contributed by atoms with E-state index in [2.05, 4.69) is 154 Å². The summed E-state index contributed by atoms with van der Waals surface area (Å²) in [5.74, 6) is 5.14. The number of carbonyl (C=O) groups is 3. The minimum atomic E-state index is -0.487. The van der Waals surface area contributed by atoms with E-state index in [1.165, 1.54) is 65.8 Å². The van der Waals surface area contributed by atoms with Crippen LogP contribution in [0.2, 0.25) is 5.28 Å². The van der Waals surface area contributed by atoms with Crippen LogP contribution < -0.4 is 31.7 Å². The maximum absolute atomic E-state index is 13.4. The predicted molar refractivity (Wildman–Crippen MR) is 481 cm³/mol. The van der Waals surface area contributed by atoms with E-state index in [9.17, 15) is 27.6 Å². The zero-order chi connectivity index (χ0) is 86.6. The first-order chi connectivity index (χ1) is 57.0. The monoisotopic (exact) mass is 1910 g/mol. The number of aryl methyl sites for hydroxylation is 3. The van der Waals surface area contributed by atoms with E-state index >= 15 is 0 Å². The summed E-state index contributed by atoms with van der Waals surface area (Å²) in [6.07, 6.45) is 32.7. The number of anilines is 1. The Labute approximate surface area is 737 Å². The molecule has 4 aliphatic carbocycles. The van der Waals surface area contributed by atoms with Crippen LogP contribution in [-0.2, 0) is 33.8 Å². The van der Waals surface area contributed by atoms with Crippen LogP contribution in [0.15, 0.2) is 121 Å². The number of fused-ring (bicyclic) bond motifs is 4. The molecule has 1 radical (unpaired) electrons. The van der Waals surface area contributed by atoms with Crippen molar-refractivity contribution in [2.45, 2.75) is 246 Å². The van der Waals surface area contributed by atoms with Crippen molar-refractivity contribution < 1.29 is 51.4 Å². The Morgan fingerprint density at radius 3 is 1.24 bits per heavy atom. The van der Waals surface area contributed by atoms with E-state index in [-0.39, 0.29) is 53.1 Å². The van der Waals surface area contributed by atoms with Crippen LogP contribution in [0, 0.1) is 68.1 Å². The van der Waals surface area contributed by atoms with Crippen LogP contribution in [0.4, 0.5) is 33.4 Å². The van der Waals surface area contributed by atoms with Crippen molar-refractivity contribution >= 4 is 135 Å². The van der Waals surface area contributed by atoms with Crippen LogP contribution >= 0.6 is 66.1 Å². The smallest absolute Gasteiger partial charge is 0.537 e. The SMILES string of the molecule is CC(C)(C)OC(=O)NC1CCC(CI)CC1.Cc1ncc2c(-c3ccc(F)cc3)cn(CC3CCC(N)CC3)c2n1.Cc1ncc2c(-c3ccc(F)cc3)cn(CC3CCC(NC(=O)OC(C)(C)C)CC3)c2n1.Cc1ncc2c(Br)cn(CC3CCC(NC(=O)OC(C)(C)C)CC3)c2n1.Clc1ncc2c(n1)N[C+]=C2Br.O[B]Oc1ccc(F)cc1. The van der Waals surface area contributed by atoms with E-state index in [1.807, 2.05) is 114 Å². The van der Waals surface area contributed by atoms with Gasteiger partial charge in [0, 0.05) is 112 Å². The molecule has 32 heteroatoms. The van der Waals surface area contributed by atoms with Crippen molar-refractivity contribution in [3.8, 4) is 28.0 Å². The summed E-state index contributed by atoms with van der Waals surface area (Å²) in [6, 6.07) is 19.5. The topological polar surface area (TPSA) is 300 Å². The van der Waals surface area contributed by atoms with Crippen molar-refractivity contribution in [3.63, 3.8) is 0 Å². The molecular formula is C88H110BBr2ClF3IN16O8+. The molecule has 24 nitrogen and oxygen atoms in total. The molecule has 3 aromatic carbocycles. The molecule has 0 saturated heterocycles. The first-order valence-corrected chi connectivity index (χ1v) is 44.4. The molecule has 5 aliphatic rings. The molecule has 7 N–H and O–H groups in total. The number of nitrogens with two attached hydrogens (primary N) is 1. The second kappa shape index (κ2) is 43.5. The molecule has 8 heterocycles.